The number of para-hydroxylation sites is 1. The number of benzene rings is 1. The van der Waals surface area contributed by atoms with Crippen molar-refractivity contribution in [3.8, 4) is 5.75 Å². The first-order chi connectivity index (χ1) is 10.6. The van der Waals surface area contributed by atoms with Crippen LogP contribution in [0.5, 0.6) is 5.75 Å². The molecule has 116 valence electrons. The quantitative estimate of drug-likeness (QED) is 0.815. The Morgan fingerprint density at radius 2 is 1.91 bits per heavy atom. The maximum atomic E-state index is 11.7. The molecule has 1 aromatic heterocycles. The van der Waals surface area contributed by atoms with Crippen molar-refractivity contribution in [3.05, 3.63) is 54.5 Å². The molecule has 0 saturated carbocycles. The Bertz CT molecular complexity index is 596. The SMILES string of the molecule is C[C@H](NC(=O)CNC(=O)COc1ccccc1)c1ccco1. The molecule has 0 fully saturated rings. The predicted octanol–water partition coefficient (Wildman–Crippen LogP) is 1.65. The molecule has 6 heteroatoms. The van der Waals surface area contributed by atoms with E-state index >= 15 is 0 Å². The van der Waals surface area contributed by atoms with Gasteiger partial charge in [0.15, 0.2) is 6.61 Å². The second-order valence-corrected chi connectivity index (χ2v) is 4.68. The van der Waals surface area contributed by atoms with Crippen LogP contribution in [0.1, 0.15) is 18.7 Å². The van der Waals surface area contributed by atoms with Gasteiger partial charge in [0.25, 0.3) is 5.91 Å². The zero-order valence-electron chi connectivity index (χ0n) is 12.2. The van der Waals surface area contributed by atoms with Crippen LogP contribution in [0.2, 0.25) is 0 Å². The van der Waals surface area contributed by atoms with Gasteiger partial charge in [-0.05, 0) is 31.2 Å². The number of furan rings is 1. The summed E-state index contributed by atoms with van der Waals surface area (Å²) in [6, 6.07) is 12.3. The molecule has 22 heavy (non-hydrogen) atoms. The molecule has 0 radical (unpaired) electrons. The lowest BCUT2D eigenvalue weighted by Gasteiger charge is -2.12. The van der Waals surface area contributed by atoms with Crippen molar-refractivity contribution in [2.24, 2.45) is 0 Å². The van der Waals surface area contributed by atoms with Crippen molar-refractivity contribution < 1.29 is 18.7 Å². The lowest BCUT2D eigenvalue weighted by Crippen LogP contribution is -2.39. The number of rotatable bonds is 7. The van der Waals surface area contributed by atoms with Gasteiger partial charge in [-0.25, -0.2) is 0 Å². The normalized spacial score (nSPS) is 11.5. The van der Waals surface area contributed by atoms with Crippen LogP contribution in [0.3, 0.4) is 0 Å². The van der Waals surface area contributed by atoms with Gasteiger partial charge >= 0.3 is 0 Å². The third-order valence-corrected chi connectivity index (χ3v) is 2.91. The van der Waals surface area contributed by atoms with E-state index in [1.54, 1.807) is 37.5 Å². The highest BCUT2D eigenvalue weighted by atomic mass is 16.5. The first-order valence-electron chi connectivity index (χ1n) is 6.92. The molecule has 2 rings (SSSR count). The number of hydrogen-bond acceptors (Lipinski definition) is 4. The topological polar surface area (TPSA) is 80.6 Å². The summed E-state index contributed by atoms with van der Waals surface area (Å²) in [6.45, 7) is 1.56. The van der Waals surface area contributed by atoms with Crippen molar-refractivity contribution in [1.82, 2.24) is 10.6 Å². The fourth-order valence-corrected chi connectivity index (χ4v) is 1.80. The summed E-state index contributed by atoms with van der Waals surface area (Å²) in [7, 11) is 0. The van der Waals surface area contributed by atoms with E-state index < -0.39 is 0 Å². The third-order valence-electron chi connectivity index (χ3n) is 2.91. The molecule has 1 aromatic carbocycles. The Labute approximate surface area is 128 Å². The van der Waals surface area contributed by atoms with Gasteiger partial charge in [0.1, 0.15) is 11.5 Å². The number of ether oxygens (including phenoxy) is 1. The molecule has 6 nitrogen and oxygen atoms in total. The molecule has 0 aliphatic heterocycles. The maximum Gasteiger partial charge on any atom is 0.258 e. The molecular weight excluding hydrogens is 284 g/mol. The van der Waals surface area contributed by atoms with Gasteiger partial charge in [-0.3, -0.25) is 9.59 Å². The van der Waals surface area contributed by atoms with Gasteiger partial charge in [-0.1, -0.05) is 18.2 Å². The molecule has 1 heterocycles. The molecule has 2 amide bonds. The van der Waals surface area contributed by atoms with Gasteiger partial charge in [0.05, 0.1) is 18.8 Å². The molecule has 2 aromatic rings. The number of carbonyl (C=O) groups is 2. The highest BCUT2D eigenvalue weighted by molar-refractivity contribution is 5.85. The van der Waals surface area contributed by atoms with Crippen molar-refractivity contribution >= 4 is 11.8 Å². The molecule has 0 aliphatic rings. The Morgan fingerprint density at radius 1 is 1.14 bits per heavy atom. The van der Waals surface area contributed by atoms with Crippen molar-refractivity contribution in [1.29, 1.82) is 0 Å². The standard InChI is InChI=1S/C16H18N2O4/c1-12(14-8-5-9-21-14)18-15(19)10-17-16(20)11-22-13-6-3-2-4-7-13/h2-9,12H,10-11H2,1H3,(H,17,20)(H,18,19)/t12-/m0/s1. The van der Waals surface area contributed by atoms with E-state index in [9.17, 15) is 9.59 Å². The summed E-state index contributed by atoms with van der Waals surface area (Å²) in [5, 5.41) is 5.22. The number of hydrogen-bond donors (Lipinski definition) is 2. The van der Waals surface area contributed by atoms with Crippen LogP contribution in [0.25, 0.3) is 0 Å². The van der Waals surface area contributed by atoms with Crippen LogP contribution in [-0.4, -0.2) is 25.0 Å². The highest BCUT2D eigenvalue weighted by Crippen LogP contribution is 2.11. The van der Waals surface area contributed by atoms with Gasteiger partial charge in [0.2, 0.25) is 5.91 Å². The third kappa shape index (κ3) is 4.97. The summed E-state index contributed by atoms with van der Waals surface area (Å²) in [4.78, 5) is 23.3. The molecule has 0 aliphatic carbocycles. The Balaban J connectivity index is 1.66. The first kappa shape index (κ1) is 15.6. The fraction of sp³-hybridized carbons (Fsp3) is 0.250. The first-order valence-corrected chi connectivity index (χ1v) is 6.92. The predicted molar refractivity (Wildman–Crippen MR) is 80.2 cm³/mol. The summed E-state index contributed by atoms with van der Waals surface area (Å²) < 4.78 is 10.5. The van der Waals surface area contributed by atoms with E-state index in [4.69, 9.17) is 9.15 Å². The number of carbonyl (C=O) groups excluding carboxylic acids is 2. The van der Waals surface area contributed by atoms with E-state index in [2.05, 4.69) is 10.6 Å². The lowest BCUT2D eigenvalue weighted by molar-refractivity contribution is -0.127. The minimum atomic E-state index is -0.357. The van der Waals surface area contributed by atoms with Crippen LogP contribution in [-0.2, 0) is 9.59 Å². The van der Waals surface area contributed by atoms with Crippen LogP contribution in [0.15, 0.2) is 53.1 Å². The summed E-state index contributed by atoms with van der Waals surface area (Å²) in [6.07, 6.45) is 1.54. The highest BCUT2D eigenvalue weighted by Gasteiger charge is 2.12. The molecule has 0 bridgehead atoms. The monoisotopic (exact) mass is 302 g/mol. The second-order valence-electron chi connectivity index (χ2n) is 4.68. The fourth-order valence-electron chi connectivity index (χ4n) is 1.80. The lowest BCUT2D eigenvalue weighted by atomic mass is 10.2. The molecular formula is C16H18N2O4. The summed E-state index contributed by atoms with van der Waals surface area (Å²) in [5.41, 5.74) is 0. The van der Waals surface area contributed by atoms with Crippen LogP contribution in [0, 0.1) is 0 Å². The van der Waals surface area contributed by atoms with Gasteiger partial charge in [-0.2, -0.15) is 0 Å². The van der Waals surface area contributed by atoms with Gasteiger partial charge < -0.3 is 19.8 Å². The van der Waals surface area contributed by atoms with Crippen molar-refractivity contribution in [2.75, 3.05) is 13.2 Å². The number of amides is 2. The van der Waals surface area contributed by atoms with Crippen LogP contribution >= 0.6 is 0 Å². The summed E-state index contributed by atoms with van der Waals surface area (Å²) >= 11 is 0. The average molecular weight is 302 g/mol. The Kier molecular flexibility index (Phi) is 5.59. The molecule has 0 spiro atoms. The molecule has 0 unspecified atom stereocenters. The zero-order valence-corrected chi connectivity index (χ0v) is 12.2. The van der Waals surface area contributed by atoms with Crippen LogP contribution in [0.4, 0.5) is 0 Å². The second kappa shape index (κ2) is 7.87. The van der Waals surface area contributed by atoms with E-state index in [0.29, 0.717) is 11.5 Å². The average Bonchev–Trinajstić information content (AvgIpc) is 3.06. The van der Waals surface area contributed by atoms with Crippen LogP contribution < -0.4 is 15.4 Å². The van der Waals surface area contributed by atoms with Crippen molar-refractivity contribution in [2.45, 2.75) is 13.0 Å². The summed E-state index contributed by atoms with van der Waals surface area (Å²) in [5.74, 6) is 0.613. The maximum absolute atomic E-state index is 11.7. The minimum Gasteiger partial charge on any atom is -0.484 e. The minimum absolute atomic E-state index is 0.109. The van der Waals surface area contributed by atoms with Crippen molar-refractivity contribution in [3.63, 3.8) is 0 Å². The van der Waals surface area contributed by atoms with Gasteiger partial charge in [-0.15, -0.1) is 0 Å². The Hall–Kier alpha value is -2.76. The molecule has 2 N–H and O–H groups in total. The van der Waals surface area contributed by atoms with E-state index in [0.717, 1.165) is 0 Å². The largest absolute Gasteiger partial charge is 0.484 e. The van der Waals surface area contributed by atoms with E-state index in [1.807, 2.05) is 18.2 Å². The zero-order chi connectivity index (χ0) is 15.8. The molecule has 1 atom stereocenters. The number of nitrogens with one attached hydrogen (secondary N) is 2. The van der Waals surface area contributed by atoms with E-state index in [1.165, 1.54) is 0 Å². The Morgan fingerprint density at radius 3 is 2.59 bits per heavy atom. The molecule has 0 saturated heterocycles. The van der Waals surface area contributed by atoms with E-state index in [-0.39, 0.29) is 31.0 Å². The van der Waals surface area contributed by atoms with Gasteiger partial charge in [0, 0.05) is 0 Å². The smallest absolute Gasteiger partial charge is 0.258 e.